The van der Waals surface area contributed by atoms with Gasteiger partial charge >= 0.3 is 0 Å². The quantitative estimate of drug-likeness (QED) is 0.579. The van der Waals surface area contributed by atoms with Gasteiger partial charge in [-0.15, -0.1) is 0 Å². The Bertz CT molecular complexity index is 131. The summed E-state index contributed by atoms with van der Waals surface area (Å²) in [4.78, 5) is 0. The minimum Gasteiger partial charge on any atom is -0.0628 e. The van der Waals surface area contributed by atoms with E-state index in [2.05, 4.69) is 48.5 Å². The second-order valence-electron chi connectivity index (χ2n) is 6.19. The molecule has 13 heavy (non-hydrogen) atoms. The molecule has 0 aliphatic carbocycles. The van der Waals surface area contributed by atoms with E-state index in [1.165, 1.54) is 12.8 Å². The summed E-state index contributed by atoms with van der Waals surface area (Å²) < 4.78 is 0. The average molecular weight is 184 g/mol. The van der Waals surface area contributed by atoms with E-state index >= 15 is 0 Å². The van der Waals surface area contributed by atoms with E-state index in [0.717, 1.165) is 17.8 Å². The maximum atomic E-state index is 2.41. The summed E-state index contributed by atoms with van der Waals surface area (Å²) in [5, 5.41) is 0. The van der Waals surface area contributed by atoms with Gasteiger partial charge in [-0.25, -0.2) is 0 Å². The minimum absolute atomic E-state index is 0.526. The fraction of sp³-hybridized carbons (Fsp3) is 1.00. The lowest BCUT2D eigenvalue weighted by Gasteiger charge is -2.31. The molecule has 0 nitrogen and oxygen atoms in total. The minimum atomic E-state index is 0.526. The Morgan fingerprint density at radius 3 is 1.62 bits per heavy atom. The summed E-state index contributed by atoms with van der Waals surface area (Å²) >= 11 is 0. The molecule has 0 spiro atoms. The van der Waals surface area contributed by atoms with E-state index in [0.29, 0.717) is 5.41 Å². The zero-order chi connectivity index (χ0) is 10.6. The van der Waals surface area contributed by atoms with Crippen LogP contribution >= 0.6 is 0 Å². The fourth-order valence-corrected chi connectivity index (χ4v) is 2.30. The molecule has 0 heteroatoms. The number of hydrogen-bond donors (Lipinski definition) is 0. The van der Waals surface area contributed by atoms with Crippen molar-refractivity contribution >= 4 is 0 Å². The highest BCUT2D eigenvalue weighted by atomic mass is 14.3. The first-order valence-electron chi connectivity index (χ1n) is 5.74. The average Bonchev–Trinajstić information content (AvgIpc) is 1.81. The third kappa shape index (κ3) is 6.12. The monoisotopic (exact) mass is 184 g/mol. The summed E-state index contributed by atoms with van der Waals surface area (Å²) in [6, 6.07) is 0. The molecule has 0 N–H and O–H groups in total. The third-order valence-electron chi connectivity index (χ3n) is 2.97. The van der Waals surface area contributed by atoms with Crippen molar-refractivity contribution in [2.75, 3.05) is 0 Å². The normalized spacial score (nSPS) is 15.5. The zero-order valence-electron chi connectivity index (χ0n) is 10.6. The van der Waals surface area contributed by atoms with Crippen molar-refractivity contribution in [3.63, 3.8) is 0 Å². The lowest BCUT2D eigenvalue weighted by Crippen LogP contribution is -2.20. The Labute approximate surface area is 85.1 Å². The van der Waals surface area contributed by atoms with Crippen LogP contribution in [0.15, 0.2) is 0 Å². The van der Waals surface area contributed by atoms with Crippen molar-refractivity contribution in [2.24, 2.45) is 23.2 Å². The van der Waals surface area contributed by atoms with Crippen LogP contribution in [-0.4, -0.2) is 0 Å². The Kier molecular flexibility index (Phi) is 5.02. The molecule has 80 valence electrons. The fourth-order valence-electron chi connectivity index (χ4n) is 2.30. The van der Waals surface area contributed by atoms with Gasteiger partial charge in [-0.3, -0.25) is 0 Å². The highest BCUT2D eigenvalue weighted by Gasteiger charge is 2.23. The van der Waals surface area contributed by atoms with Gasteiger partial charge in [0.2, 0.25) is 0 Å². The van der Waals surface area contributed by atoms with Crippen LogP contribution in [0.3, 0.4) is 0 Å². The summed E-state index contributed by atoms with van der Waals surface area (Å²) in [6.07, 6.45) is 2.72. The van der Waals surface area contributed by atoms with Gasteiger partial charge in [0, 0.05) is 0 Å². The van der Waals surface area contributed by atoms with Crippen LogP contribution in [0, 0.1) is 23.2 Å². The Morgan fingerprint density at radius 1 is 0.846 bits per heavy atom. The van der Waals surface area contributed by atoms with Crippen LogP contribution in [0.25, 0.3) is 0 Å². The molecule has 0 bridgehead atoms. The van der Waals surface area contributed by atoms with Gasteiger partial charge in [0.15, 0.2) is 0 Å². The van der Waals surface area contributed by atoms with Gasteiger partial charge in [-0.1, -0.05) is 48.5 Å². The zero-order valence-corrected chi connectivity index (χ0v) is 10.6. The molecule has 0 aromatic heterocycles. The number of rotatable bonds is 5. The maximum absolute atomic E-state index is 2.41. The molecule has 0 fully saturated rings. The van der Waals surface area contributed by atoms with Crippen LogP contribution in [0.4, 0.5) is 0 Å². The molecule has 1 unspecified atom stereocenters. The highest BCUT2D eigenvalue weighted by Crippen LogP contribution is 2.34. The van der Waals surface area contributed by atoms with Gasteiger partial charge in [0.05, 0.1) is 0 Å². The SMILES string of the molecule is CC(C)CC(C)(C)CC(C)C(C)C. The molecule has 0 rings (SSSR count). The molecule has 0 heterocycles. The predicted molar refractivity (Wildman–Crippen MR) is 61.9 cm³/mol. The molecule has 0 aromatic rings. The smallest absolute Gasteiger partial charge is 0.0349 e. The van der Waals surface area contributed by atoms with Gasteiger partial charge in [0.25, 0.3) is 0 Å². The predicted octanol–water partition coefficient (Wildman–Crippen LogP) is 4.74. The molecule has 1 atom stereocenters. The van der Waals surface area contributed by atoms with E-state index in [1.54, 1.807) is 0 Å². The van der Waals surface area contributed by atoms with Gasteiger partial charge < -0.3 is 0 Å². The summed E-state index contributed by atoms with van der Waals surface area (Å²) in [5.41, 5.74) is 0.526. The van der Waals surface area contributed by atoms with Crippen LogP contribution in [0.1, 0.15) is 61.3 Å². The van der Waals surface area contributed by atoms with Gasteiger partial charge in [-0.05, 0) is 36.0 Å². The van der Waals surface area contributed by atoms with Crippen LogP contribution in [-0.2, 0) is 0 Å². The second kappa shape index (κ2) is 5.02. The first-order valence-corrected chi connectivity index (χ1v) is 5.74. The van der Waals surface area contributed by atoms with E-state index < -0.39 is 0 Å². The Hall–Kier alpha value is 0. The van der Waals surface area contributed by atoms with E-state index in [4.69, 9.17) is 0 Å². The highest BCUT2D eigenvalue weighted by molar-refractivity contribution is 4.74. The van der Waals surface area contributed by atoms with Gasteiger partial charge in [0.1, 0.15) is 0 Å². The summed E-state index contributed by atoms with van der Waals surface area (Å²) in [6.45, 7) is 16.5. The van der Waals surface area contributed by atoms with Crippen LogP contribution < -0.4 is 0 Å². The Balaban J connectivity index is 4.00. The first kappa shape index (κ1) is 13.0. The third-order valence-corrected chi connectivity index (χ3v) is 2.97. The molecule has 0 saturated heterocycles. The summed E-state index contributed by atoms with van der Waals surface area (Å²) in [5.74, 6) is 2.51. The first-order chi connectivity index (χ1) is 5.74. The maximum Gasteiger partial charge on any atom is -0.0349 e. The van der Waals surface area contributed by atoms with Crippen molar-refractivity contribution in [3.05, 3.63) is 0 Å². The van der Waals surface area contributed by atoms with E-state index in [9.17, 15) is 0 Å². The Morgan fingerprint density at radius 2 is 1.31 bits per heavy atom. The van der Waals surface area contributed by atoms with Crippen molar-refractivity contribution in [1.82, 2.24) is 0 Å². The topological polar surface area (TPSA) is 0 Å². The molecule has 0 radical (unpaired) electrons. The molecular formula is C13H28. The molecule has 0 aromatic carbocycles. The summed E-state index contributed by atoms with van der Waals surface area (Å²) in [7, 11) is 0. The van der Waals surface area contributed by atoms with Crippen molar-refractivity contribution < 1.29 is 0 Å². The van der Waals surface area contributed by atoms with Crippen molar-refractivity contribution in [2.45, 2.75) is 61.3 Å². The van der Waals surface area contributed by atoms with Crippen molar-refractivity contribution in [1.29, 1.82) is 0 Å². The molecule has 0 aliphatic rings. The lowest BCUT2D eigenvalue weighted by molar-refractivity contribution is 0.200. The van der Waals surface area contributed by atoms with E-state index in [-0.39, 0.29) is 0 Å². The standard InChI is InChI=1S/C13H28/c1-10(2)8-13(6,7)9-12(5)11(3)4/h10-12H,8-9H2,1-7H3. The largest absolute Gasteiger partial charge is 0.0628 e. The molecule has 0 aliphatic heterocycles. The van der Waals surface area contributed by atoms with E-state index in [1.807, 2.05) is 0 Å². The molecule has 0 saturated carbocycles. The lowest BCUT2D eigenvalue weighted by atomic mass is 9.75. The van der Waals surface area contributed by atoms with Gasteiger partial charge in [-0.2, -0.15) is 0 Å². The second-order valence-corrected chi connectivity index (χ2v) is 6.19. The molecule has 0 amide bonds. The van der Waals surface area contributed by atoms with Crippen molar-refractivity contribution in [3.8, 4) is 0 Å². The number of hydrogen-bond acceptors (Lipinski definition) is 0. The van der Waals surface area contributed by atoms with Crippen LogP contribution in [0.2, 0.25) is 0 Å². The molecular weight excluding hydrogens is 156 g/mol. The van der Waals surface area contributed by atoms with Crippen LogP contribution in [0.5, 0.6) is 0 Å².